The van der Waals surface area contributed by atoms with Crippen LogP contribution in [0.2, 0.25) is 0 Å². The molecule has 0 aliphatic rings. The molecule has 0 saturated heterocycles. The van der Waals surface area contributed by atoms with Crippen molar-refractivity contribution in [1.29, 1.82) is 0 Å². The summed E-state index contributed by atoms with van der Waals surface area (Å²) in [7, 11) is 0. The SMILES string of the molecule is C=CCC(C)(O)[C@](O)(CC=C)c1ccccc1. The summed E-state index contributed by atoms with van der Waals surface area (Å²) in [5, 5.41) is 21.2. The molecule has 17 heavy (non-hydrogen) atoms. The topological polar surface area (TPSA) is 40.5 Å². The summed E-state index contributed by atoms with van der Waals surface area (Å²) >= 11 is 0. The van der Waals surface area contributed by atoms with Gasteiger partial charge in [0.1, 0.15) is 5.60 Å². The third kappa shape index (κ3) is 2.65. The molecule has 0 aliphatic carbocycles. The molecule has 0 spiro atoms. The molecule has 1 rings (SSSR count). The van der Waals surface area contributed by atoms with Crippen molar-refractivity contribution in [3.63, 3.8) is 0 Å². The number of aliphatic hydroxyl groups is 2. The Bertz CT molecular complexity index is 381. The fourth-order valence-corrected chi connectivity index (χ4v) is 2.02. The lowest BCUT2D eigenvalue weighted by Crippen LogP contribution is -2.49. The fraction of sp³-hybridized carbons (Fsp3) is 0.333. The molecule has 1 aromatic rings. The first-order valence-electron chi connectivity index (χ1n) is 5.70. The maximum atomic E-state index is 10.8. The lowest BCUT2D eigenvalue weighted by Gasteiger charge is -2.41. The lowest BCUT2D eigenvalue weighted by molar-refractivity contribution is -0.144. The molecule has 2 heteroatoms. The van der Waals surface area contributed by atoms with E-state index < -0.39 is 11.2 Å². The van der Waals surface area contributed by atoms with Crippen LogP contribution < -0.4 is 0 Å². The smallest absolute Gasteiger partial charge is 0.122 e. The van der Waals surface area contributed by atoms with Crippen LogP contribution in [0.15, 0.2) is 55.6 Å². The summed E-state index contributed by atoms with van der Waals surface area (Å²) in [6.45, 7) is 8.88. The summed E-state index contributed by atoms with van der Waals surface area (Å²) < 4.78 is 0. The van der Waals surface area contributed by atoms with E-state index in [0.717, 1.165) is 0 Å². The van der Waals surface area contributed by atoms with Crippen LogP contribution in [0.3, 0.4) is 0 Å². The molecule has 92 valence electrons. The highest BCUT2D eigenvalue weighted by Crippen LogP contribution is 2.38. The van der Waals surface area contributed by atoms with Crippen LogP contribution in [0, 0.1) is 0 Å². The average molecular weight is 232 g/mol. The molecule has 2 N–H and O–H groups in total. The van der Waals surface area contributed by atoms with Crippen LogP contribution in [0.4, 0.5) is 0 Å². The normalized spacial score (nSPS) is 17.8. The highest BCUT2D eigenvalue weighted by Gasteiger charge is 2.45. The minimum Gasteiger partial charge on any atom is -0.386 e. The van der Waals surface area contributed by atoms with Crippen LogP contribution in [-0.2, 0) is 5.60 Å². The number of benzene rings is 1. The van der Waals surface area contributed by atoms with E-state index in [1.807, 2.05) is 18.2 Å². The predicted octanol–water partition coefficient (Wildman–Crippen LogP) is 2.78. The van der Waals surface area contributed by atoms with Crippen molar-refractivity contribution in [3.05, 3.63) is 61.2 Å². The Morgan fingerprint density at radius 2 is 1.59 bits per heavy atom. The van der Waals surface area contributed by atoms with E-state index in [1.54, 1.807) is 31.2 Å². The van der Waals surface area contributed by atoms with Crippen molar-refractivity contribution in [2.45, 2.75) is 31.0 Å². The van der Waals surface area contributed by atoms with Crippen molar-refractivity contribution in [3.8, 4) is 0 Å². The number of hydrogen-bond donors (Lipinski definition) is 2. The van der Waals surface area contributed by atoms with Crippen LogP contribution in [-0.4, -0.2) is 15.8 Å². The monoisotopic (exact) mass is 232 g/mol. The van der Waals surface area contributed by atoms with Crippen molar-refractivity contribution < 1.29 is 10.2 Å². The molecular weight excluding hydrogens is 212 g/mol. The van der Waals surface area contributed by atoms with Gasteiger partial charge in [-0.05, 0) is 18.9 Å². The second-order valence-electron chi connectivity index (χ2n) is 4.49. The van der Waals surface area contributed by atoms with Gasteiger partial charge in [-0.3, -0.25) is 0 Å². The molecule has 2 atom stereocenters. The van der Waals surface area contributed by atoms with E-state index in [4.69, 9.17) is 0 Å². The highest BCUT2D eigenvalue weighted by molar-refractivity contribution is 5.27. The van der Waals surface area contributed by atoms with Crippen LogP contribution in [0.1, 0.15) is 25.3 Å². The van der Waals surface area contributed by atoms with Gasteiger partial charge in [0, 0.05) is 6.42 Å². The zero-order chi connectivity index (χ0) is 12.9. The van der Waals surface area contributed by atoms with Gasteiger partial charge in [0.25, 0.3) is 0 Å². The molecule has 1 unspecified atom stereocenters. The Balaban J connectivity index is 3.22. The first kappa shape index (κ1) is 13.7. The van der Waals surface area contributed by atoms with Crippen molar-refractivity contribution >= 4 is 0 Å². The third-order valence-electron chi connectivity index (χ3n) is 3.12. The molecule has 0 aliphatic heterocycles. The van der Waals surface area contributed by atoms with E-state index in [9.17, 15) is 10.2 Å². The fourth-order valence-electron chi connectivity index (χ4n) is 2.02. The summed E-state index contributed by atoms with van der Waals surface area (Å²) in [4.78, 5) is 0. The Morgan fingerprint density at radius 1 is 1.06 bits per heavy atom. The number of hydrogen-bond acceptors (Lipinski definition) is 2. The van der Waals surface area contributed by atoms with Gasteiger partial charge in [-0.15, -0.1) is 13.2 Å². The van der Waals surface area contributed by atoms with Gasteiger partial charge >= 0.3 is 0 Å². The van der Waals surface area contributed by atoms with Crippen molar-refractivity contribution in [2.24, 2.45) is 0 Å². The standard InChI is InChI=1S/C15H20O2/c1-4-11-14(3,16)15(17,12-5-2)13-9-7-6-8-10-13/h4-10,16-17H,1-2,11-12H2,3H3/t14?,15-/m0/s1. The lowest BCUT2D eigenvalue weighted by atomic mass is 9.74. The second-order valence-corrected chi connectivity index (χ2v) is 4.49. The zero-order valence-corrected chi connectivity index (χ0v) is 10.3. The first-order chi connectivity index (χ1) is 7.98. The van der Waals surface area contributed by atoms with Gasteiger partial charge < -0.3 is 10.2 Å². The molecule has 0 amide bonds. The molecule has 0 fully saturated rings. The van der Waals surface area contributed by atoms with E-state index in [2.05, 4.69) is 13.2 Å². The largest absolute Gasteiger partial charge is 0.386 e. The first-order valence-corrected chi connectivity index (χ1v) is 5.70. The molecular formula is C15H20O2. The Hall–Kier alpha value is -1.38. The van der Waals surface area contributed by atoms with E-state index in [1.165, 1.54) is 0 Å². The van der Waals surface area contributed by atoms with E-state index in [-0.39, 0.29) is 6.42 Å². The van der Waals surface area contributed by atoms with E-state index >= 15 is 0 Å². The molecule has 0 heterocycles. The van der Waals surface area contributed by atoms with Gasteiger partial charge in [-0.25, -0.2) is 0 Å². The quantitative estimate of drug-likeness (QED) is 0.740. The van der Waals surface area contributed by atoms with Gasteiger partial charge in [0.05, 0.1) is 5.60 Å². The summed E-state index contributed by atoms with van der Waals surface area (Å²) in [5.74, 6) is 0. The van der Waals surface area contributed by atoms with Gasteiger partial charge in [-0.1, -0.05) is 42.5 Å². The predicted molar refractivity (Wildman–Crippen MR) is 70.6 cm³/mol. The summed E-state index contributed by atoms with van der Waals surface area (Å²) in [5.41, 5.74) is -1.93. The summed E-state index contributed by atoms with van der Waals surface area (Å²) in [6, 6.07) is 9.17. The molecule has 0 aromatic heterocycles. The average Bonchev–Trinajstić information content (AvgIpc) is 2.30. The molecule has 1 aromatic carbocycles. The highest BCUT2D eigenvalue weighted by atomic mass is 16.4. The van der Waals surface area contributed by atoms with Crippen LogP contribution in [0.25, 0.3) is 0 Å². The van der Waals surface area contributed by atoms with Crippen LogP contribution >= 0.6 is 0 Å². The zero-order valence-electron chi connectivity index (χ0n) is 10.3. The number of rotatable bonds is 6. The summed E-state index contributed by atoms with van der Waals surface area (Å²) in [6.07, 6.45) is 3.83. The Kier molecular flexibility index (Phi) is 4.27. The maximum Gasteiger partial charge on any atom is 0.122 e. The van der Waals surface area contributed by atoms with Gasteiger partial charge in [0.2, 0.25) is 0 Å². The minimum absolute atomic E-state index is 0.290. The Labute approximate surface area is 103 Å². The maximum absolute atomic E-state index is 10.8. The third-order valence-corrected chi connectivity index (χ3v) is 3.12. The molecule has 0 bridgehead atoms. The molecule has 2 nitrogen and oxygen atoms in total. The molecule has 0 radical (unpaired) electrons. The van der Waals surface area contributed by atoms with Gasteiger partial charge in [-0.2, -0.15) is 0 Å². The molecule has 0 saturated carbocycles. The van der Waals surface area contributed by atoms with Crippen LogP contribution in [0.5, 0.6) is 0 Å². The van der Waals surface area contributed by atoms with Gasteiger partial charge in [0.15, 0.2) is 0 Å². The van der Waals surface area contributed by atoms with Crippen molar-refractivity contribution in [1.82, 2.24) is 0 Å². The van der Waals surface area contributed by atoms with Crippen molar-refractivity contribution in [2.75, 3.05) is 0 Å². The minimum atomic E-state index is -1.34. The Morgan fingerprint density at radius 3 is 2.06 bits per heavy atom. The van der Waals surface area contributed by atoms with E-state index in [0.29, 0.717) is 12.0 Å². The second kappa shape index (κ2) is 5.30.